The van der Waals surface area contributed by atoms with E-state index in [1.165, 1.54) is 0 Å². The molecule has 1 rings (SSSR count). The zero-order valence-corrected chi connectivity index (χ0v) is 13.3. The molecule has 5 heteroatoms. The molecule has 0 aromatic carbocycles. The van der Waals surface area contributed by atoms with Gasteiger partial charge in [0.1, 0.15) is 6.10 Å². The summed E-state index contributed by atoms with van der Waals surface area (Å²) in [6.45, 7) is 13.0. The number of cyclic esters (lactones) is 1. The molecule has 0 spiro atoms. The van der Waals surface area contributed by atoms with Gasteiger partial charge in [-0.3, -0.25) is 4.79 Å². The van der Waals surface area contributed by atoms with E-state index in [2.05, 4.69) is 33.9 Å². The molecule has 1 fully saturated rings. The normalized spacial score (nSPS) is 27.2. The van der Waals surface area contributed by atoms with Crippen molar-refractivity contribution in [1.29, 1.82) is 0 Å². The average molecular weight is 274 g/mol. The first-order valence-electron chi connectivity index (χ1n) is 6.57. The summed E-state index contributed by atoms with van der Waals surface area (Å²) in [7, 11) is -1.80. The third kappa shape index (κ3) is 3.55. The van der Waals surface area contributed by atoms with Crippen molar-refractivity contribution in [1.82, 2.24) is 0 Å². The number of hydrogen-bond acceptors (Lipinski definition) is 4. The third-order valence-corrected chi connectivity index (χ3v) is 8.62. The molecule has 0 aromatic rings. The van der Waals surface area contributed by atoms with Gasteiger partial charge in [-0.05, 0) is 25.1 Å². The Bertz CT molecular complexity index is 307. The topological polar surface area (TPSA) is 55.8 Å². The van der Waals surface area contributed by atoms with Gasteiger partial charge in [-0.1, -0.05) is 20.8 Å². The molecule has 1 N–H and O–H groups in total. The second-order valence-corrected chi connectivity index (χ2v) is 11.5. The second-order valence-electron chi connectivity index (χ2n) is 6.71. The first kappa shape index (κ1) is 15.7. The number of carbonyl (C=O) groups excluding carboxylic acids is 1. The fourth-order valence-electron chi connectivity index (χ4n) is 1.69. The molecule has 3 atom stereocenters. The molecule has 0 aromatic heterocycles. The zero-order valence-electron chi connectivity index (χ0n) is 12.3. The number of ether oxygens (including phenoxy) is 1. The minimum absolute atomic E-state index is 0.152. The fourth-order valence-corrected chi connectivity index (χ4v) is 2.73. The van der Waals surface area contributed by atoms with Crippen LogP contribution in [0, 0.1) is 5.92 Å². The maximum Gasteiger partial charge on any atom is 0.312 e. The SMILES string of the molecule is CC(O)C1CC(CO[Si](C)(C)C(C)(C)C)OC1=O. The highest BCUT2D eigenvalue weighted by Crippen LogP contribution is 2.37. The van der Waals surface area contributed by atoms with Gasteiger partial charge in [-0.15, -0.1) is 0 Å². The van der Waals surface area contributed by atoms with Gasteiger partial charge in [0.2, 0.25) is 0 Å². The number of esters is 1. The summed E-state index contributed by atoms with van der Waals surface area (Å²) < 4.78 is 11.3. The van der Waals surface area contributed by atoms with Crippen LogP contribution in [-0.4, -0.2) is 38.2 Å². The summed E-state index contributed by atoms with van der Waals surface area (Å²) in [5.74, 6) is -0.688. The van der Waals surface area contributed by atoms with Crippen LogP contribution in [0.5, 0.6) is 0 Å². The van der Waals surface area contributed by atoms with Crippen LogP contribution in [-0.2, 0) is 14.0 Å². The zero-order chi connectivity index (χ0) is 14.1. The van der Waals surface area contributed by atoms with E-state index in [9.17, 15) is 9.90 Å². The lowest BCUT2D eigenvalue weighted by Crippen LogP contribution is -2.42. The predicted molar refractivity (Wildman–Crippen MR) is 72.8 cm³/mol. The Labute approximate surface area is 111 Å². The Morgan fingerprint density at radius 2 is 2.06 bits per heavy atom. The Morgan fingerprint density at radius 1 is 1.50 bits per heavy atom. The Balaban J connectivity index is 2.50. The van der Waals surface area contributed by atoms with E-state index in [-0.39, 0.29) is 17.1 Å². The number of carbonyl (C=O) groups is 1. The first-order valence-corrected chi connectivity index (χ1v) is 9.48. The summed E-state index contributed by atoms with van der Waals surface area (Å²) in [5, 5.41) is 9.62. The second kappa shape index (κ2) is 5.31. The molecule has 18 heavy (non-hydrogen) atoms. The average Bonchev–Trinajstić information content (AvgIpc) is 2.55. The standard InChI is InChI=1S/C13H26O4Si/c1-9(14)11-7-10(17-12(11)15)8-16-18(5,6)13(2,3)4/h9-11,14H,7-8H2,1-6H3. The van der Waals surface area contributed by atoms with Gasteiger partial charge in [-0.2, -0.15) is 0 Å². The van der Waals surface area contributed by atoms with E-state index in [4.69, 9.17) is 9.16 Å². The van der Waals surface area contributed by atoms with Crippen molar-refractivity contribution in [2.75, 3.05) is 6.61 Å². The number of aliphatic hydroxyl groups excluding tert-OH is 1. The van der Waals surface area contributed by atoms with Gasteiger partial charge in [0.15, 0.2) is 8.32 Å². The molecule has 4 nitrogen and oxygen atoms in total. The van der Waals surface area contributed by atoms with Gasteiger partial charge in [0.05, 0.1) is 18.6 Å². The van der Waals surface area contributed by atoms with E-state index in [1.807, 2.05) is 0 Å². The van der Waals surface area contributed by atoms with Crippen LogP contribution in [0.3, 0.4) is 0 Å². The molecule has 0 saturated carbocycles. The highest BCUT2D eigenvalue weighted by molar-refractivity contribution is 6.74. The Hall–Kier alpha value is -0.393. The van der Waals surface area contributed by atoms with Crippen LogP contribution < -0.4 is 0 Å². The number of aliphatic hydroxyl groups is 1. The van der Waals surface area contributed by atoms with Crippen molar-refractivity contribution in [2.24, 2.45) is 5.92 Å². The van der Waals surface area contributed by atoms with E-state index in [0.29, 0.717) is 13.0 Å². The molecule has 0 amide bonds. The van der Waals surface area contributed by atoms with Crippen LogP contribution in [0.1, 0.15) is 34.1 Å². The van der Waals surface area contributed by atoms with Gasteiger partial charge >= 0.3 is 5.97 Å². The lowest BCUT2D eigenvalue weighted by molar-refractivity contribution is -0.147. The maximum absolute atomic E-state index is 11.5. The van der Waals surface area contributed by atoms with Crippen molar-refractivity contribution in [3.05, 3.63) is 0 Å². The summed E-state index contributed by atoms with van der Waals surface area (Å²) in [6, 6.07) is 0. The molecule has 0 radical (unpaired) electrons. The maximum atomic E-state index is 11.5. The van der Waals surface area contributed by atoms with Crippen LogP contribution >= 0.6 is 0 Å². The van der Waals surface area contributed by atoms with Gasteiger partial charge in [-0.25, -0.2) is 0 Å². The summed E-state index contributed by atoms with van der Waals surface area (Å²) in [5.41, 5.74) is 0. The largest absolute Gasteiger partial charge is 0.460 e. The molecule has 1 saturated heterocycles. The number of hydrogen-bond donors (Lipinski definition) is 1. The first-order chi connectivity index (χ1) is 8.04. The van der Waals surface area contributed by atoms with Crippen molar-refractivity contribution in [2.45, 2.75) is 64.5 Å². The molecule has 0 aliphatic carbocycles. The fraction of sp³-hybridized carbons (Fsp3) is 0.923. The van der Waals surface area contributed by atoms with E-state index in [0.717, 1.165) is 0 Å². The van der Waals surface area contributed by atoms with Crippen molar-refractivity contribution >= 4 is 14.3 Å². The molecule has 1 heterocycles. The molecule has 1 aliphatic heterocycles. The monoisotopic (exact) mass is 274 g/mol. The summed E-state index contributed by atoms with van der Waals surface area (Å²) in [6.07, 6.45) is -0.285. The highest BCUT2D eigenvalue weighted by Gasteiger charge is 2.41. The minimum atomic E-state index is -1.80. The van der Waals surface area contributed by atoms with Gasteiger partial charge in [0, 0.05) is 6.42 Å². The molecule has 0 bridgehead atoms. The quantitative estimate of drug-likeness (QED) is 0.631. The summed E-state index contributed by atoms with van der Waals surface area (Å²) >= 11 is 0. The van der Waals surface area contributed by atoms with Crippen LogP contribution in [0.25, 0.3) is 0 Å². The molecular formula is C13H26O4Si. The van der Waals surface area contributed by atoms with Crippen molar-refractivity contribution in [3.63, 3.8) is 0 Å². The van der Waals surface area contributed by atoms with Gasteiger partial charge < -0.3 is 14.3 Å². The summed E-state index contributed by atoms with van der Waals surface area (Å²) in [4.78, 5) is 11.5. The van der Waals surface area contributed by atoms with E-state index < -0.39 is 20.3 Å². The Morgan fingerprint density at radius 3 is 2.44 bits per heavy atom. The minimum Gasteiger partial charge on any atom is -0.460 e. The molecular weight excluding hydrogens is 248 g/mol. The lowest BCUT2D eigenvalue weighted by atomic mass is 10.0. The smallest absolute Gasteiger partial charge is 0.312 e. The van der Waals surface area contributed by atoms with Crippen LogP contribution in [0.4, 0.5) is 0 Å². The number of rotatable bonds is 4. The van der Waals surface area contributed by atoms with Crippen LogP contribution in [0.15, 0.2) is 0 Å². The lowest BCUT2D eigenvalue weighted by Gasteiger charge is -2.36. The van der Waals surface area contributed by atoms with E-state index in [1.54, 1.807) is 6.92 Å². The molecule has 1 aliphatic rings. The molecule has 106 valence electrons. The predicted octanol–water partition coefficient (Wildman–Crippen LogP) is 2.32. The van der Waals surface area contributed by atoms with E-state index >= 15 is 0 Å². The third-order valence-electron chi connectivity index (χ3n) is 4.12. The van der Waals surface area contributed by atoms with Crippen LogP contribution in [0.2, 0.25) is 18.1 Å². The highest BCUT2D eigenvalue weighted by atomic mass is 28.4. The molecule has 3 unspecified atom stereocenters. The Kier molecular flexibility index (Phi) is 4.62. The van der Waals surface area contributed by atoms with Crippen molar-refractivity contribution in [3.8, 4) is 0 Å². The van der Waals surface area contributed by atoms with Crippen molar-refractivity contribution < 1.29 is 19.1 Å². The van der Waals surface area contributed by atoms with Gasteiger partial charge in [0.25, 0.3) is 0 Å².